The van der Waals surface area contributed by atoms with E-state index in [1.54, 1.807) is 18.4 Å². The predicted octanol–water partition coefficient (Wildman–Crippen LogP) is 3.53. The van der Waals surface area contributed by atoms with Crippen molar-refractivity contribution in [2.45, 2.75) is 32.6 Å². The number of nitrogens with zero attached hydrogens (tertiary/aromatic N) is 3. The quantitative estimate of drug-likeness (QED) is 0.795. The predicted molar refractivity (Wildman–Crippen MR) is 106 cm³/mol. The number of aromatic nitrogens is 1. The molecule has 1 fully saturated rings. The zero-order chi connectivity index (χ0) is 18.2. The van der Waals surface area contributed by atoms with Crippen molar-refractivity contribution < 1.29 is 8.42 Å². The SMILES string of the molecule is CC(C)c1cccc2sc(N3CCC(CN(C)S(C)(=O)=O)CC3)nc12. The van der Waals surface area contributed by atoms with Crippen LogP contribution in [0.3, 0.4) is 0 Å². The van der Waals surface area contributed by atoms with Crippen LogP contribution in [0, 0.1) is 5.92 Å². The van der Waals surface area contributed by atoms with Gasteiger partial charge in [-0.05, 0) is 36.3 Å². The molecule has 0 amide bonds. The summed E-state index contributed by atoms with van der Waals surface area (Å²) in [5.74, 6) is 0.896. The van der Waals surface area contributed by atoms with E-state index in [2.05, 4.69) is 36.9 Å². The monoisotopic (exact) mass is 381 g/mol. The van der Waals surface area contributed by atoms with Crippen molar-refractivity contribution in [3.8, 4) is 0 Å². The Morgan fingerprint density at radius 1 is 1.32 bits per heavy atom. The zero-order valence-electron chi connectivity index (χ0n) is 15.4. The molecule has 138 valence electrons. The van der Waals surface area contributed by atoms with Crippen molar-refractivity contribution in [1.29, 1.82) is 0 Å². The minimum Gasteiger partial charge on any atom is -0.348 e. The number of hydrogen-bond donors (Lipinski definition) is 0. The zero-order valence-corrected chi connectivity index (χ0v) is 17.0. The Hall–Kier alpha value is -1.18. The van der Waals surface area contributed by atoms with Gasteiger partial charge in [0.15, 0.2) is 5.13 Å². The normalized spacial score (nSPS) is 17.1. The highest BCUT2D eigenvalue weighted by atomic mass is 32.2. The molecule has 0 atom stereocenters. The summed E-state index contributed by atoms with van der Waals surface area (Å²) in [5, 5.41) is 1.10. The summed E-state index contributed by atoms with van der Waals surface area (Å²) < 4.78 is 25.9. The van der Waals surface area contributed by atoms with E-state index in [-0.39, 0.29) is 0 Å². The third kappa shape index (κ3) is 4.15. The lowest BCUT2D eigenvalue weighted by atomic mass is 9.97. The van der Waals surface area contributed by atoms with Gasteiger partial charge in [-0.1, -0.05) is 37.3 Å². The molecule has 3 rings (SSSR count). The number of fused-ring (bicyclic) bond motifs is 1. The first-order valence-electron chi connectivity index (χ1n) is 8.81. The van der Waals surface area contributed by atoms with Crippen molar-refractivity contribution in [3.05, 3.63) is 23.8 Å². The smallest absolute Gasteiger partial charge is 0.210 e. The summed E-state index contributed by atoms with van der Waals surface area (Å²) in [4.78, 5) is 7.27. The molecule has 5 nitrogen and oxygen atoms in total. The number of thiazole rings is 1. The lowest BCUT2D eigenvalue weighted by Crippen LogP contribution is -2.39. The first-order valence-corrected chi connectivity index (χ1v) is 11.5. The minimum atomic E-state index is -3.09. The van der Waals surface area contributed by atoms with Crippen molar-refractivity contribution in [3.63, 3.8) is 0 Å². The average Bonchev–Trinajstić information content (AvgIpc) is 2.98. The minimum absolute atomic E-state index is 0.427. The molecule has 0 saturated carbocycles. The van der Waals surface area contributed by atoms with Crippen LogP contribution in [0.1, 0.15) is 38.2 Å². The lowest BCUT2D eigenvalue weighted by molar-refractivity contribution is 0.329. The highest BCUT2D eigenvalue weighted by Gasteiger charge is 2.25. The van der Waals surface area contributed by atoms with Gasteiger partial charge in [-0.25, -0.2) is 17.7 Å². The number of rotatable bonds is 5. The fraction of sp³-hybridized carbons (Fsp3) is 0.611. The van der Waals surface area contributed by atoms with E-state index in [9.17, 15) is 8.42 Å². The van der Waals surface area contributed by atoms with Crippen LogP contribution in [-0.4, -0.2) is 50.6 Å². The summed E-state index contributed by atoms with van der Waals surface area (Å²) in [6.45, 7) is 6.91. The maximum absolute atomic E-state index is 11.6. The first kappa shape index (κ1) is 18.6. The van der Waals surface area contributed by atoms with E-state index >= 15 is 0 Å². The lowest BCUT2D eigenvalue weighted by Gasteiger charge is -2.33. The van der Waals surface area contributed by atoms with Gasteiger partial charge in [0, 0.05) is 26.7 Å². The summed E-state index contributed by atoms with van der Waals surface area (Å²) in [5.41, 5.74) is 2.45. The van der Waals surface area contributed by atoms with Gasteiger partial charge in [-0.2, -0.15) is 0 Å². The van der Waals surface area contributed by atoms with Crippen LogP contribution < -0.4 is 4.90 Å². The Morgan fingerprint density at radius 3 is 2.60 bits per heavy atom. The van der Waals surface area contributed by atoms with Gasteiger partial charge >= 0.3 is 0 Å². The molecule has 1 aromatic heterocycles. The summed E-state index contributed by atoms with van der Waals surface area (Å²) in [6.07, 6.45) is 3.29. The Bertz CT molecular complexity index is 837. The average molecular weight is 382 g/mol. The van der Waals surface area contributed by atoms with Crippen molar-refractivity contribution in [2.75, 3.05) is 37.8 Å². The molecule has 1 saturated heterocycles. The van der Waals surface area contributed by atoms with Gasteiger partial charge in [0.05, 0.1) is 16.5 Å². The van der Waals surface area contributed by atoms with Crippen molar-refractivity contribution in [1.82, 2.24) is 9.29 Å². The number of sulfonamides is 1. The molecule has 25 heavy (non-hydrogen) atoms. The molecular weight excluding hydrogens is 354 g/mol. The molecule has 1 aliphatic rings. The van der Waals surface area contributed by atoms with Crippen LogP contribution >= 0.6 is 11.3 Å². The Balaban J connectivity index is 1.69. The topological polar surface area (TPSA) is 53.5 Å². The fourth-order valence-corrected chi connectivity index (χ4v) is 4.90. The molecule has 0 spiro atoms. The molecular formula is C18H27N3O2S2. The molecule has 0 aliphatic carbocycles. The third-order valence-corrected chi connectivity index (χ3v) is 7.39. The van der Waals surface area contributed by atoms with Gasteiger partial charge in [-0.3, -0.25) is 0 Å². The van der Waals surface area contributed by atoms with Crippen LogP contribution in [0.4, 0.5) is 5.13 Å². The summed E-state index contributed by atoms with van der Waals surface area (Å²) in [7, 11) is -1.42. The second-order valence-electron chi connectivity index (χ2n) is 7.32. The maximum atomic E-state index is 11.6. The highest BCUT2D eigenvalue weighted by molar-refractivity contribution is 7.88. The number of hydrogen-bond acceptors (Lipinski definition) is 5. The number of para-hydroxylation sites is 1. The van der Waals surface area contributed by atoms with Crippen LogP contribution in [0.2, 0.25) is 0 Å². The molecule has 2 heterocycles. The van der Waals surface area contributed by atoms with E-state index in [1.165, 1.54) is 20.8 Å². The van der Waals surface area contributed by atoms with Crippen molar-refractivity contribution >= 4 is 36.7 Å². The van der Waals surface area contributed by atoms with Crippen LogP contribution in [0.5, 0.6) is 0 Å². The van der Waals surface area contributed by atoms with E-state index in [4.69, 9.17) is 4.98 Å². The third-order valence-electron chi connectivity index (χ3n) is 5.03. The molecule has 2 aromatic rings. The van der Waals surface area contributed by atoms with E-state index in [0.29, 0.717) is 18.4 Å². The van der Waals surface area contributed by atoms with Gasteiger partial charge < -0.3 is 4.90 Å². The number of piperidine rings is 1. The molecule has 0 unspecified atom stereocenters. The van der Waals surface area contributed by atoms with E-state index < -0.39 is 10.0 Å². The molecule has 1 aliphatic heterocycles. The van der Waals surface area contributed by atoms with E-state index in [0.717, 1.165) is 36.6 Å². The van der Waals surface area contributed by atoms with Crippen LogP contribution in [0.15, 0.2) is 18.2 Å². The van der Waals surface area contributed by atoms with Crippen LogP contribution in [-0.2, 0) is 10.0 Å². The second-order valence-corrected chi connectivity index (χ2v) is 10.4. The summed E-state index contributed by atoms with van der Waals surface area (Å²) >= 11 is 1.76. The number of anilines is 1. The van der Waals surface area contributed by atoms with Gasteiger partial charge in [-0.15, -0.1) is 0 Å². The second kappa shape index (κ2) is 7.21. The standard InChI is InChI=1S/C18H27N3O2S2/c1-13(2)15-6-5-7-16-17(15)19-18(24-16)21-10-8-14(9-11-21)12-20(3)25(4,22)23/h5-7,13-14H,8-12H2,1-4H3. The number of benzene rings is 1. The van der Waals surface area contributed by atoms with Gasteiger partial charge in [0.25, 0.3) is 0 Å². The molecule has 1 aromatic carbocycles. The van der Waals surface area contributed by atoms with E-state index in [1.807, 2.05) is 0 Å². The van der Waals surface area contributed by atoms with Gasteiger partial charge in [0.2, 0.25) is 10.0 Å². The highest BCUT2D eigenvalue weighted by Crippen LogP contribution is 2.35. The molecule has 0 N–H and O–H groups in total. The fourth-order valence-electron chi connectivity index (χ4n) is 3.37. The Morgan fingerprint density at radius 2 is 2.00 bits per heavy atom. The Labute approximate surface area is 154 Å². The molecule has 0 bridgehead atoms. The maximum Gasteiger partial charge on any atom is 0.210 e. The first-order chi connectivity index (χ1) is 11.8. The van der Waals surface area contributed by atoms with Crippen LogP contribution in [0.25, 0.3) is 10.2 Å². The van der Waals surface area contributed by atoms with Gasteiger partial charge in [0.1, 0.15) is 0 Å². The Kier molecular flexibility index (Phi) is 5.37. The molecule has 0 radical (unpaired) electrons. The van der Waals surface area contributed by atoms with Crippen molar-refractivity contribution in [2.24, 2.45) is 5.92 Å². The summed E-state index contributed by atoms with van der Waals surface area (Å²) in [6, 6.07) is 6.44. The molecule has 7 heteroatoms. The largest absolute Gasteiger partial charge is 0.348 e.